The fourth-order valence-electron chi connectivity index (χ4n) is 2.24. The van der Waals surface area contributed by atoms with E-state index in [-0.39, 0.29) is 18.2 Å². The zero-order valence-electron chi connectivity index (χ0n) is 12.5. The smallest absolute Gasteiger partial charge is 0.230 e. The molecule has 7 nitrogen and oxygen atoms in total. The van der Waals surface area contributed by atoms with Crippen molar-refractivity contribution in [1.82, 2.24) is 20.1 Å². The average Bonchev–Trinajstić information content (AvgIpc) is 3.39. The minimum absolute atomic E-state index is 0.0225. The van der Waals surface area contributed by atoms with E-state index in [9.17, 15) is 9.59 Å². The van der Waals surface area contributed by atoms with Crippen molar-refractivity contribution in [3.63, 3.8) is 0 Å². The molecule has 1 heterocycles. The Balaban J connectivity index is 1.56. The van der Waals surface area contributed by atoms with Gasteiger partial charge in [0, 0.05) is 25.4 Å². The summed E-state index contributed by atoms with van der Waals surface area (Å²) in [4.78, 5) is 22.8. The van der Waals surface area contributed by atoms with E-state index in [1.54, 1.807) is 0 Å². The van der Waals surface area contributed by atoms with Crippen LogP contribution in [0.25, 0.3) is 0 Å². The van der Waals surface area contributed by atoms with E-state index in [1.165, 1.54) is 24.6 Å². The van der Waals surface area contributed by atoms with Gasteiger partial charge in [-0.25, -0.2) is 0 Å². The fourth-order valence-corrected chi connectivity index (χ4v) is 3.05. The van der Waals surface area contributed by atoms with Gasteiger partial charge in [-0.3, -0.25) is 9.59 Å². The van der Waals surface area contributed by atoms with E-state index >= 15 is 0 Å². The van der Waals surface area contributed by atoms with Gasteiger partial charge in [0.2, 0.25) is 11.8 Å². The van der Waals surface area contributed by atoms with Gasteiger partial charge in [0.25, 0.3) is 0 Å². The predicted molar refractivity (Wildman–Crippen MR) is 82.3 cm³/mol. The fraction of sp³-hybridized carbons (Fsp3) is 0.714. The topological polar surface area (TPSA) is 103 Å². The molecule has 0 aliphatic heterocycles. The Labute approximate surface area is 133 Å². The Morgan fingerprint density at radius 1 is 1.27 bits per heavy atom. The number of carbonyl (C=O) groups is 2. The van der Waals surface area contributed by atoms with Gasteiger partial charge in [-0.15, -0.1) is 10.2 Å². The monoisotopic (exact) mass is 323 g/mol. The van der Waals surface area contributed by atoms with E-state index in [4.69, 9.17) is 5.73 Å². The molecule has 2 aliphatic carbocycles. The SMILES string of the molecule is NC(=O)CCn1c(SCC(=O)NCC2CC2)nnc1C1CC1. The highest BCUT2D eigenvalue weighted by Crippen LogP contribution is 2.40. The van der Waals surface area contributed by atoms with Crippen molar-refractivity contribution < 1.29 is 9.59 Å². The van der Waals surface area contributed by atoms with Crippen LogP contribution < -0.4 is 11.1 Å². The number of nitrogens with one attached hydrogen (secondary N) is 1. The van der Waals surface area contributed by atoms with Gasteiger partial charge in [0.05, 0.1) is 5.75 Å². The maximum Gasteiger partial charge on any atom is 0.230 e. The molecule has 0 atom stereocenters. The van der Waals surface area contributed by atoms with Crippen LogP contribution in [0.3, 0.4) is 0 Å². The summed E-state index contributed by atoms with van der Waals surface area (Å²) in [5, 5.41) is 12.0. The Bertz CT molecular complexity index is 566. The number of hydrogen-bond acceptors (Lipinski definition) is 5. The van der Waals surface area contributed by atoms with E-state index in [0.717, 1.165) is 25.2 Å². The van der Waals surface area contributed by atoms with Crippen LogP contribution in [0.5, 0.6) is 0 Å². The highest BCUT2D eigenvalue weighted by Gasteiger charge is 2.30. The van der Waals surface area contributed by atoms with Gasteiger partial charge >= 0.3 is 0 Å². The minimum Gasteiger partial charge on any atom is -0.370 e. The Morgan fingerprint density at radius 3 is 2.68 bits per heavy atom. The molecule has 2 amide bonds. The number of hydrogen-bond donors (Lipinski definition) is 2. The second kappa shape index (κ2) is 6.68. The second-order valence-corrected chi connectivity index (χ2v) is 6.96. The van der Waals surface area contributed by atoms with Crippen molar-refractivity contribution in [1.29, 1.82) is 0 Å². The Kier molecular flexibility index (Phi) is 4.66. The van der Waals surface area contributed by atoms with Crippen LogP contribution in [0.4, 0.5) is 0 Å². The van der Waals surface area contributed by atoms with Crippen molar-refractivity contribution in [2.75, 3.05) is 12.3 Å². The van der Waals surface area contributed by atoms with Gasteiger partial charge in [0.1, 0.15) is 5.82 Å². The molecule has 1 aromatic heterocycles. The van der Waals surface area contributed by atoms with Crippen molar-refractivity contribution in [2.45, 2.75) is 49.7 Å². The molecule has 2 saturated carbocycles. The molecule has 0 saturated heterocycles. The number of aromatic nitrogens is 3. The maximum absolute atomic E-state index is 11.8. The molecule has 3 N–H and O–H groups in total. The lowest BCUT2D eigenvalue weighted by Crippen LogP contribution is -2.27. The summed E-state index contributed by atoms with van der Waals surface area (Å²) < 4.78 is 1.95. The normalized spacial score (nSPS) is 17.5. The average molecular weight is 323 g/mol. The van der Waals surface area contributed by atoms with Crippen LogP contribution in [-0.4, -0.2) is 38.9 Å². The molecule has 2 aliphatic rings. The maximum atomic E-state index is 11.8. The predicted octanol–water partition coefficient (Wildman–Crippen LogP) is 0.649. The van der Waals surface area contributed by atoms with E-state index in [0.29, 0.717) is 29.3 Å². The number of primary amides is 1. The van der Waals surface area contributed by atoms with E-state index in [2.05, 4.69) is 15.5 Å². The lowest BCUT2D eigenvalue weighted by Gasteiger charge is -2.08. The molecule has 0 radical (unpaired) electrons. The molecular weight excluding hydrogens is 302 g/mol. The van der Waals surface area contributed by atoms with Crippen LogP contribution in [-0.2, 0) is 16.1 Å². The third kappa shape index (κ3) is 4.22. The minimum atomic E-state index is -0.339. The highest BCUT2D eigenvalue weighted by atomic mass is 32.2. The summed E-state index contributed by atoms with van der Waals surface area (Å²) in [6, 6.07) is 0. The van der Waals surface area contributed by atoms with Crippen molar-refractivity contribution >= 4 is 23.6 Å². The van der Waals surface area contributed by atoms with Crippen LogP contribution in [0.15, 0.2) is 5.16 Å². The molecule has 22 heavy (non-hydrogen) atoms. The number of nitrogens with two attached hydrogens (primary N) is 1. The number of rotatable bonds is 9. The van der Waals surface area contributed by atoms with Crippen LogP contribution >= 0.6 is 11.8 Å². The van der Waals surface area contributed by atoms with Crippen molar-refractivity contribution in [2.24, 2.45) is 11.7 Å². The molecule has 0 aromatic carbocycles. The zero-order chi connectivity index (χ0) is 15.5. The number of thioether (sulfide) groups is 1. The van der Waals surface area contributed by atoms with Gasteiger partial charge in [-0.2, -0.15) is 0 Å². The molecule has 0 unspecified atom stereocenters. The number of nitrogens with zero attached hydrogens (tertiary/aromatic N) is 3. The molecule has 120 valence electrons. The summed E-state index contributed by atoms with van der Waals surface area (Å²) in [5.74, 6) is 2.05. The molecule has 2 fully saturated rings. The summed E-state index contributed by atoms with van der Waals surface area (Å²) in [5.41, 5.74) is 5.23. The van der Waals surface area contributed by atoms with Crippen LogP contribution in [0.2, 0.25) is 0 Å². The lowest BCUT2D eigenvalue weighted by atomic mass is 10.3. The van der Waals surface area contributed by atoms with Gasteiger partial charge in [0.15, 0.2) is 5.16 Å². The van der Waals surface area contributed by atoms with Gasteiger partial charge in [-0.05, 0) is 31.6 Å². The first kappa shape index (κ1) is 15.3. The zero-order valence-corrected chi connectivity index (χ0v) is 13.3. The summed E-state index contributed by atoms with van der Waals surface area (Å²) >= 11 is 1.37. The van der Waals surface area contributed by atoms with Gasteiger partial charge in [-0.1, -0.05) is 11.8 Å². The first-order chi connectivity index (χ1) is 10.6. The Morgan fingerprint density at radius 2 is 2.05 bits per heavy atom. The quantitative estimate of drug-likeness (QED) is 0.650. The molecule has 3 rings (SSSR count). The number of amides is 2. The van der Waals surface area contributed by atoms with E-state index in [1.807, 2.05) is 4.57 Å². The standard InChI is InChI=1S/C14H21N5O2S/c15-11(20)5-6-19-13(10-3-4-10)17-18-14(19)22-8-12(21)16-7-9-1-2-9/h9-10H,1-8H2,(H2,15,20)(H,16,21). The lowest BCUT2D eigenvalue weighted by molar-refractivity contribution is -0.119. The molecule has 8 heteroatoms. The third-order valence-electron chi connectivity index (χ3n) is 3.89. The summed E-state index contributed by atoms with van der Waals surface area (Å²) in [6.07, 6.45) is 4.93. The summed E-state index contributed by atoms with van der Waals surface area (Å²) in [6.45, 7) is 1.27. The Hall–Kier alpha value is -1.57. The van der Waals surface area contributed by atoms with E-state index < -0.39 is 0 Å². The molecule has 0 bridgehead atoms. The second-order valence-electron chi connectivity index (χ2n) is 6.02. The molecule has 0 spiro atoms. The molecule has 1 aromatic rings. The van der Waals surface area contributed by atoms with Crippen LogP contribution in [0.1, 0.15) is 43.8 Å². The third-order valence-corrected chi connectivity index (χ3v) is 4.85. The number of carbonyl (C=O) groups excluding carboxylic acids is 2. The van der Waals surface area contributed by atoms with Crippen LogP contribution in [0, 0.1) is 5.92 Å². The molecular formula is C14H21N5O2S. The first-order valence-electron chi connectivity index (χ1n) is 7.74. The first-order valence-corrected chi connectivity index (χ1v) is 8.73. The van der Waals surface area contributed by atoms with Gasteiger partial charge < -0.3 is 15.6 Å². The van der Waals surface area contributed by atoms with Crippen molar-refractivity contribution in [3.8, 4) is 0 Å². The largest absolute Gasteiger partial charge is 0.370 e. The summed E-state index contributed by atoms with van der Waals surface area (Å²) in [7, 11) is 0. The van der Waals surface area contributed by atoms with Crippen molar-refractivity contribution in [3.05, 3.63) is 5.82 Å². The highest BCUT2D eigenvalue weighted by molar-refractivity contribution is 7.99.